The first-order valence-electron chi connectivity index (χ1n) is 21.0. The van der Waals surface area contributed by atoms with E-state index in [1.165, 1.54) is 6.42 Å². The molecular weight excluding hydrogens is 781 g/mol. The fourth-order valence-corrected chi connectivity index (χ4v) is 8.61. The molecule has 4 amide bonds. The zero-order valence-corrected chi connectivity index (χ0v) is 33.9. The first kappa shape index (κ1) is 41.1. The summed E-state index contributed by atoms with van der Waals surface area (Å²) in [5, 5.41) is 26.5. The highest BCUT2D eigenvalue weighted by molar-refractivity contribution is 6.05. The van der Waals surface area contributed by atoms with E-state index in [0.717, 1.165) is 61.3 Å². The number of hydrogen-bond donors (Lipinski definition) is 6. The van der Waals surface area contributed by atoms with Crippen molar-refractivity contribution in [2.24, 2.45) is 11.1 Å². The second kappa shape index (κ2) is 17.9. The van der Waals surface area contributed by atoms with Crippen LogP contribution in [0.1, 0.15) is 69.8 Å². The summed E-state index contributed by atoms with van der Waals surface area (Å²) in [5.74, 6) is -0.738. The Labute approximate surface area is 353 Å². The molecule has 2 unspecified atom stereocenters. The third-order valence-electron chi connectivity index (χ3n) is 12.4. The summed E-state index contributed by atoms with van der Waals surface area (Å²) in [6.45, 7) is 1.98. The molecule has 2 bridgehead atoms. The molecule has 4 aromatic rings. The summed E-state index contributed by atoms with van der Waals surface area (Å²) in [4.78, 5) is 58.9. The van der Waals surface area contributed by atoms with Crippen molar-refractivity contribution < 1.29 is 33.8 Å². The van der Waals surface area contributed by atoms with E-state index in [2.05, 4.69) is 53.1 Å². The van der Waals surface area contributed by atoms with Crippen LogP contribution in [0, 0.1) is 5.41 Å². The predicted molar refractivity (Wildman–Crippen MR) is 228 cm³/mol. The molecule has 17 heteroatoms. The van der Waals surface area contributed by atoms with E-state index >= 15 is 0 Å². The monoisotopic (exact) mass is 832 g/mol. The van der Waals surface area contributed by atoms with Gasteiger partial charge in [-0.05, 0) is 99.7 Å². The van der Waals surface area contributed by atoms with Crippen LogP contribution in [-0.2, 0) is 21.0 Å². The minimum Gasteiger partial charge on any atom is -0.488 e. The maximum atomic E-state index is 13.4. The lowest BCUT2D eigenvalue weighted by atomic mass is 9.68. The number of aliphatic carboxylic acids is 1. The fourth-order valence-electron chi connectivity index (χ4n) is 8.61. The number of urea groups is 1. The molecule has 17 nitrogen and oxygen atoms in total. The molecule has 2 saturated carbocycles. The number of aromatic nitrogens is 3. The lowest BCUT2D eigenvalue weighted by molar-refractivity contribution is -0.162. The maximum absolute atomic E-state index is 13.4. The number of ether oxygens (including phenoxy) is 2. The van der Waals surface area contributed by atoms with Crippen LogP contribution in [0.5, 0.6) is 11.6 Å². The Morgan fingerprint density at radius 2 is 1.69 bits per heavy atom. The van der Waals surface area contributed by atoms with Gasteiger partial charge in [0.1, 0.15) is 29.9 Å². The average molecular weight is 833 g/mol. The highest BCUT2D eigenvalue weighted by Crippen LogP contribution is 2.42. The average Bonchev–Trinajstić information content (AvgIpc) is 3.48. The van der Waals surface area contributed by atoms with Crippen molar-refractivity contribution in [2.45, 2.75) is 95.0 Å². The molecule has 2 aromatic heterocycles. The van der Waals surface area contributed by atoms with Crippen LogP contribution in [-0.4, -0.2) is 88.0 Å². The molecule has 8 N–H and O–H groups in total. The number of carbonyl (C=O) groups excluding carboxylic acids is 3. The van der Waals surface area contributed by atoms with E-state index in [4.69, 9.17) is 20.9 Å². The van der Waals surface area contributed by atoms with Crippen LogP contribution in [0.3, 0.4) is 0 Å². The van der Waals surface area contributed by atoms with Crippen LogP contribution in [0.25, 0.3) is 11.3 Å². The number of nitrogen functional groups attached to an aromatic ring is 1. The zero-order valence-electron chi connectivity index (χ0n) is 33.9. The maximum Gasteiger partial charge on any atom is 0.319 e. The van der Waals surface area contributed by atoms with Gasteiger partial charge >= 0.3 is 12.0 Å². The number of hydrogen-bond acceptors (Lipinski definition) is 12. The van der Waals surface area contributed by atoms with Crippen molar-refractivity contribution in [3.63, 3.8) is 0 Å². The number of fused-ring (bicyclic) bond motifs is 2. The number of nitrogens with one attached hydrogen (secondary N) is 3. The molecule has 4 heterocycles. The predicted octanol–water partition coefficient (Wildman–Crippen LogP) is 4.62. The molecule has 8 rings (SSSR count). The Morgan fingerprint density at radius 1 is 0.934 bits per heavy atom. The van der Waals surface area contributed by atoms with Crippen molar-refractivity contribution in [2.75, 3.05) is 40.5 Å². The number of benzene rings is 2. The van der Waals surface area contributed by atoms with Crippen LogP contribution in [0.2, 0.25) is 0 Å². The number of rotatable bonds is 17. The number of nitrogens with zero attached hydrogens (tertiary/aromatic N) is 5. The Kier molecular flexibility index (Phi) is 12.1. The summed E-state index contributed by atoms with van der Waals surface area (Å²) in [6.07, 6.45) is 9.14. The van der Waals surface area contributed by atoms with E-state index in [-0.39, 0.29) is 38.5 Å². The molecule has 2 aliphatic carbocycles. The number of carboxylic acids is 1. The van der Waals surface area contributed by atoms with Gasteiger partial charge in [-0.3, -0.25) is 14.4 Å². The summed E-state index contributed by atoms with van der Waals surface area (Å²) >= 11 is 0. The summed E-state index contributed by atoms with van der Waals surface area (Å²) in [6, 6.07) is 19.7. The van der Waals surface area contributed by atoms with Gasteiger partial charge in [0.25, 0.3) is 0 Å². The molecule has 2 saturated heterocycles. The third kappa shape index (κ3) is 9.10. The molecule has 2 aromatic carbocycles. The molecule has 320 valence electrons. The number of piperazine rings is 1. The molecule has 0 spiro atoms. The second-order valence-corrected chi connectivity index (χ2v) is 16.4. The van der Waals surface area contributed by atoms with Gasteiger partial charge < -0.3 is 51.8 Å². The number of anilines is 4. The van der Waals surface area contributed by atoms with Crippen molar-refractivity contribution in [3.8, 4) is 22.9 Å². The molecular formula is C44H52N10O7. The molecule has 4 aliphatic rings. The highest BCUT2D eigenvalue weighted by atomic mass is 16.5. The number of amides is 4. The van der Waals surface area contributed by atoms with Crippen molar-refractivity contribution >= 4 is 46.7 Å². The first-order valence-corrected chi connectivity index (χ1v) is 21.0. The highest BCUT2D eigenvalue weighted by Gasteiger charge is 2.52. The number of carboxylic acid groups (broad SMARTS) is 1. The quantitative estimate of drug-likeness (QED) is 0.0630. The number of para-hydroxylation sites is 1. The van der Waals surface area contributed by atoms with Crippen LogP contribution < -0.4 is 46.7 Å². The second-order valence-electron chi connectivity index (χ2n) is 16.4. The minimum absolute atomic E-state index is 0.153. The van der Waals surface area contributed by atoms with E-state index in [1.807, 2.05) is 48.7 Å². The normalized spacial score (nSPS) is 19.5. The standard InChI is InChI=1S/C44H52N10O7/c45-39-36(53-24-30-15-16-31(25-53)54(30)29-17-21-47-38(22-29)61-32-6-3-7-32)23-35(51-52-39)33-8-1-2-10-37(33)60-26-27-11-13-28(14-12-27)49-40(55)34(9-4-20-48-43(46)59)50-41(56)44(42(57)58)18-5-19-44/h1-2,8,10-14,17,21-23,30-32,34H,3-7,9,15-16,18-20,24-26H2,(H2,45,52)(H,49,55)(H,50,56)(H,57,58)(H3,46,48,59)/t30?,31?,34-/m0/s1. The molecule has 3 atom stereocenters. The van der Waals surface area contributed by atoms with Crippen molar-refractivity contribution in [1.82, 2.24) is 25.8 Å². The number of carbonyl (C=O) groups is 4. The van der Waals surface area contributed by atoms with Gasteiger partial charge in [-0.25, -0.2) is 9.78 Å². The fraction of sp³-hybridized carbons (Fsp3) is 0.432. The summed E-state index contributed by atoms with van der Waals surface area (Å²) in [5.41, 5.74) is 14.8. The Balaban J connectivity index is 0.898. The minimum atomic E-state index is -1.54. The third-order valence-corrected chi connectivity index (χ3v) is 12.4. The van der Waals surface area contributed by atoms with Gasteiger partial charge in [-0.1, -0.05) is 30.7 Å². The lowest BCUT2D eigenvalue weighted by Crippen LogP contribution is -2.55. The lowest BCUT2D eigenvalue weighted by Gasteiger charge is -2.43. The van der Waals surface area contributed by atoms with Gasteiger partial charge in [0, 0.05) is 60.9 Å². The Morgan fingerprint density at radius 3 is 2.36 bits per heavy atom. The van der Waals surface area contributed by atoms with Crippen molar-refractivity contribution in [3.05, 3.63) is 78.5 Å². The van der Waals surface area contributed by atoms with Gasteiger partial charge in [0.2, 0.25) is 17.7 Å². The molecule has 0 radical (unpaired) electrons. The Hall–Kier alpha value is -6.65. The molecule has 61 heavy (non-hydrogen) atoms. The summed E-state index contributed by atoms with van der Waals surface area (Å²) < 4.78 is 12.4. The topological polar surface area (TPSA) is 240 Å². The van der Waals surface area contributed by atoms with E-state index in [9.17, 15) is 24.3 Å². The van der Waals surface area contributed by atoms with Gasteiger partial charge in [0.15, 0.2) is 5.82 Å². The van der Waals surface area contributed by atoms with Crippen LogP contribution in [0.15, 0.2) is 72.9 Å². The van der Waals surface area contributed by atoms with Crippen LogP contribution >= 0.6 is 0 Å². The van der Waals surface area contributed by atoms with Gasteiger partial charge in [0.05, 0.1) is 11.4 Å². The number of primary amides is 1. The van der Waals surface area contributed by atoms with Crippen molar-refractivity contribution in [1.29, 1.82) is 0 Å². The van der Waals surface area contributed by atoms with Gasteiger partial charge in [-0.2, -0.15) is 0 Å². The van der Waals surface area contributed by atoms with E-state index in [0.29, 0.717) is 53.8 Å². The largest absolute Gasteiger partial charge is 0.488 e. The number of nitrogens with two attached hydrogens (primary N) is 2. The SMILES string of the molecule is NC(=O)NCCC[C@H](NC(=O)C1(C(=O)O)CCC1)C(=O)Nc1ccc(COc2ccccc2-c2cc(N3CC4CCC(C3)N4c3ccnc(OC4CCC4)c3)c(N)nn2)cc1. The van der Waals surface area contributed by atoms with E-state index < -0.39 is 35.3 Å². The molecule has 4 fully saturated rings. The van der Waals surface area contributed by atoms with E-state index in [1.54, 1.807) is 12.1 Å². The van der Waals surface area contributed by atoms with Gasteiger partial charge in [-0.15, -0.1) is 10.2 Å². The molecule has 2 aliphatic heterocycles. The Bertz CT molecular complexity index is 2240. The smallest absolute Gasteiger partial charge is 0.319 e. The summed E-state index contributed by atoms with van der Waals surface area (Å²) in [7, 11) is 0. The zero-order chi connectivity index (χ0) is 42.5. The number of pyridine rings is 1. The first-order chi connectivity index (χ1) is 29.6. The van der Waals surface area contributed by atoms with Crippen LogP contribution in [0.4, 0.5) is 27.7 Å².